The summed E-state index contributed by atoms with van der Waals surface area (Å²) in [6, 6.07) is 11.1. The zero-order chi connectivity index (χ0) is 25.4. The molecule has 0 atom stereocenters. The number of hydrogen-bond acceptors (Lipinski definition) is 1. The number of benzene rings is 1. The Morgan fingerprint density at radius 2 is 0.829 bits per heavy atom. The maximum absolute atomic E-state index is 2.77. The lowest BCUT2D eigenvalue weighted by Gasteiger charge is -2.22. The summed E-state index contributed by atoms with van der Waals surface area (Å²) in [5.41, 5.74) is 1.49. The van der Waals surface area contributed by atoms with E-state index in [0.717, 1.165) is 11.8 Å². The summed E-state index contributed by atoms with van der Waals surface area (Å²) < 4.78 is 0. The van der Waals surface area contributed by atoms with Gasteiger partial charge >= 0.3 is 0 Å². The Hall–Kier alpha value is -0.820. The van der Waals surface area contributed by atoms with Crippen LogP contribution in [0, 0.1) is 11.8 Å². The van der Waals surface area contributed by atoms with Crippen molar-refractivity contribution < 1.29 is 0 Å². The molecular formula is C34H63N. The molecule has 35 heavy (non-hydrogen) atoms. The number of nitrogens with zero attached hydrogens (tertiary/aromatic N) is 1. The molecule has 0 aliphatic heterocycles. The molecule has 0 bridgehead atoms. The predicted octanol–water partition coefficient (Wildman–Crippen LogP) is 10.9. The molecule has 0 saturated carbocycles. The van der Waals surface area contributed by atoms with Gasteiger partial charge in [0.05, 0.1) is 0 Å². The van der Waals surface area contributed by atoms with Crippen LogP contribution in [0.2, 0.25) is 0 Å². The second-order valence-corrected chi connectivity index (χ2v) is 12.1. The summed E-state index contributed by atoms with van der Waals surface area (Å²) in [6.45, 7) is 13.2. The van der Waals surface area contributed by atoms with Crippen molar-refractivity contribution in [2.75, 3.05) is 19.6 Å². The Morgan fingerprint density at radius 1 is 0.457 bits per heavy atom. The first-order valence-corrected chi connectivity index (χ1v) is 15.8. The molecule has 0 N–H and O–H groups in total. The van der Waals surface area contributed by atoms with E-state index in [1.165, 1.54) is 147 Å². The Bertz CT molecular complexity index is 507. The van der Waals surface area contributed by atoms with Gasteiger partial charge in [-0.15, -0.1) is 0 Å². The quantitative estimate of drug-likeness (QED) is 0.124. The molecule has 0 aromatic heterocycles. The van der Waals surface area contributed by atoms with Crippen molar-refractivity contribution in [3.63, 3.8) is 0 Å². The topological polar surface area (TPSA) is 3.24 Å². The van der Waals surface area contributed by atoms with Crippen molar-refractivity contribution in [2.45, 2.75) is 150 Å². The Labute approximate surface area is 221 Å². The van der Waals surface area contributed by atoms with Crippen LogP contribution in [0.1, 0.15) is 149 Å². The van der Waals surface area contributed by atoms with Crippen molar-refractivity contribution in [1.29, 1.82) is 0 Å². The average molecular weight is 486 g/mol. The summed E-state index contributed by atoms with van der Waals surface area (Å²) in [7, 11) is 0. The smallest absolute Gasteiger partial charge is 0.00218 e. The maximum atomic E-state index is 2.77. The molecule has 1 rings (SSSR count). The Kier molecular flexibility index (Phi) is 21.7. The van der Waals surface area contributed by atoms with Crippen molar-refractivity contribution in [3.05, 3.63) is 35.9 Å². The molecule has 1 heteroatoms. The molecule has 1 aromatic carbocycles. The van der Waals surface area contributed by atoms with E-state index in [1.807, 2.05) is 0 Å². The first-order chi connectivity index (χ1) is 17.1. The SMILES string of the molecule is CC(C)CCCCCCCCCCN(CCCCCCCCCCC(C)C)CCc1ccccc1. The molecule has 0 spiro atoms. The molecular weight excluding hydrogens is 422 g/mol. The molecule has 0 radical (unpaired) electrons. The Balaban J connectivity index is 2.12. The molecule has 204 valence electrons. The van der Waals surface area contributed by atoms with Crippen LogP contribution >= 0.6 is 0 Å². The van der Waals surface area contributed by atoms with Gasteiger partial charge in [-0.1, -0.05) is 161 Å². The van der Waals surface area contributed by atoms with E-state index in [1.54, 1.807) is 0 Å². The van der Waals surface area contributed by atoms with Crippen LogP contribution in [0.3, 0.4) is 0 Å². The highest BCUT2D eigenvalue weighted by molar-refractivity contribution is 5.14. The second kappa shape index (κ2) is 23.6. The standard InChI is InChI=1S/C34H63N/c1-32(2)24-18-13-9-5-7-11-15-22-29-35(31-28-34-26-20-17-21-27-34)30-23-16-12-8-6-10-14-19-25-33(3)4/h17,20-21,26-27,32-33H,5-16,18-19,22-25,28-31H2,1-4H3. The summed E-state index contributed by atoms with van der Waals surface area (Å²) >= 11 is 0. The summed E-state index contributed by atoms with van der Waals surface area (Å²) in [4.78, 5) is 2.77. The van der Waals surface area contributed by atoms with Gasteiger partial charge in [-0.3, -0.25) is 0 Å². The lowest BCUT2D eigenvalue weighted by molar-refractivity contribution is 0.263. The molecule has 0 amide bonds. The molecule has 0 heterocycles. The van der Waals surface area contributed by atoms with Gasteiger partial charge in [0, 0.05) is 6.54 Å². The third-order valence-electron chi connectivity index (χ3n) is 7.57. The van der Waals surface area contributed by atoms with E-state index in [9.17, 15) is 0 Å². The van der Waals surface area contributed by atoms with E-state index in [0.29, 0.717) is 0 Å². The van der Waals surface area contributed by atoms with Crippen molar-refractivity contribution in [2.24, 2.45) is 11.8 Å². The van der Waals surface area contributed by atoms with Gasteiger partial charge < -0.3 is 4.90 Å². The van der Waals surface area contributed by atoms with E-state index in [4.69, 9.17) is 0 Å². The highest BCUT2D eigenvalue weighted by Gasteiger charge is 2.06. The van der Waals surface area contributed by atoms with Crippen LogP contribution in [-0.2, 0) is 6.42 Å². The number of hydrogen-bond donors (Lipinski definition) is 0. The summed E-state index contributed by atoms with van der Waals surface area (Å²) in [5.74, 6) is 1.76. The zero-order valence-corrected chi connectivity index (χ0v) is 24.5. The lowest BCUT2D eigenvalue weighted by Crippen LogP contribution is -2.28. The monoisotopic (exact) mass is 485 g/mol. The maximum Gasteiger partial charge on any atom is 0.00218 e. The van der Waals surface area contributed by atoms with Gasteiger partial charge in [0.15, 0.2) is 0 Å². The van der Waals surface area contributed by atoms with Gasteiger partial charge in [-0.25, -0.2) is 0 Å². The zero-order valence-electron chi connectivity index (χ0n) is 24.5. The fraction of sp³-hybridized carbons (Fsp3) is 0.824. The highest BCUT2D eigenvalue weighted by Crippen LogP contribution is 2.15. The molecule has 0 saturated heterocycles. The van der Waals surface area contributed by atoms with Crippen LogP contribution in [-0.4, -0.2) is 24.5 Å². The van der Waals surface area contributed by atoms with Crippen LogP contribution < -0.4 is 0 Å². The molecule has 0 aliphatic rings. The van der Waals surface area contributed by atoms with Crippen molar-refractivity contribution >= 4 is 0 Å². The van der Waals surface area contributed by atoms with Gasteiger partial charge in [0.2, 0.25) is 0 Å². The normalized spacial score (nSPS) is 11.9. The van der Waals surface area contributed by atoms with E-state index in [2.05, 4.69) is 62.9 Å². The van der Waals surface area contributed by atoms with Gasteiger partial charge in [-0.05, 0) is 49.8 Å². The summed E-state index contributed by atoms with van der Waals surface area (Å²) in [6.07, 6.45) is 27.0. The number of unbranched alkanes of at least 4 members (excludes halogenated alkanes) is 14. The van der Waals surface area contributed by atoms with Gasteiger partial charge in [0.25, 0.3) is 0 Å². The van der Waals surface area contributed by atoms with Crippen molar-refractivity contribution in [3.8, 4) is 0 Å². The summed E-state index contributed by atoms with van der Waals surface area (Å²) in [5, 5.41) is 0. The number of rotatable bonds is 25. The van der Waals surface area contributed by atoms with Crippen LogP contribution in [0.15, 0.2) is 30.3 Å². The van der Waals surface area contributed by atoms with Crippen molar-refractivity contribution in [1.82, 2.24) is 4.90 Å². The fourth-order valence-corrected chi connectivity index (χ4v) is 5.16. The first kappa shape index (κ1) is 32.2. The minimum atomic E-state index is 0.879. The third kappa shape index (κ3) is 22.1. The van der Waals surface area contributed by atoms with Crippen LogP contribution in [0.4, 0.5) is 0 Å². The molecule has 0 fully saturated rings. The fourth-order valence-electron chi connectivity index (χ4n) is 5.16. The first-order valence-electron chi connectivity index (χ1n) is 15.8. The third-order valence-corrected chi connectivity index (χ3v) is 7.57. The van der Waals surface area contributed by atoms with Gasteiger partial charge in [0.1, 0.15) is 0 Å². The molecule has 1 aromatic rings. The van der Waals surface area contributed by atoms with E-state index >= 15 is 0 Å². The van der Waals surface area contributed by atoms with E-state index in [-0.39, 0.29) is 0 Å². The van der Waals surface area contributed by atoms with Crippen LogP contribution in [0.25, 0.3) is 0 Å². The lowest BCUT2D eigenvalue weighted by atomic mass is 10.0. The molecule has 1 nitrogen and oxygen atoms in total. The van der Waals surface area contributed by atoms with E-state index < -0.39 is 0 Å². The predicted molar refractivity (Wildman–Crippen MR) is 159 cm³/mol. The highest BCUT2D eigenvalue weighted by atomic mass is 15.1. The second-order valence-electron chi connectivity index (χ2n) is 12.1. The Morgan fingerprint density at radius 3 is 1.23 bits per heavy atom. The molecule has 0 unspecified atom stereocenters. The van der Waals surface area contributed by atoms with Crippen LogP contribution in [0.5, 0.6) is 0 Å². The molecule has 0 aliphatic carbocycles. The largest absolute Gasteiger partial charge is 0.303 e. The minimum Gasteiger partial charge on any atom is -0.303 e. The minimum absolute atomic E-state index is 0.879. The average Bonchev–Trinajstić information content (AvgIpc) is 2.84. The van der Waals surface area contributed by atoms with Gasteiger partial charge in [-0.2, -0.15) is 0 Å².